The fourth-order valence-corrected chi connectivity index (χ4v) is 1.18. The summed E-state index contributed by atoms with van der Waals surface area (Å²) in [6, 6.07) is 0.785. The first-order valence-electron chi connectivity index (χ1n) is 4.42. The maximum atomic E-state index is 12.3. The topological polar surface area (TPSA) is 42.1 Å². The van der Waals surface area contributed by atoms with Gasteiger partial charge in [-0.25, -0.2) is 4.79 Å². The van der Waals surface area contributed by atoms with Crippen LogP contribution >= 0.6 is 0 Å². The van der Waals surface area contributed by atoms with Crippen LogP contribution in [-0.2, 0) is 4.74 Å². The van der Waals surface area contributed by atoms with E-state index in [9.17, 15) is 17.7 Å². The summed E-state index contributed by atoms with van der Waals surface area (Å²) in [6.45, 7) is -1.98. The van der Waals surface area contributed by atoms with Gasteiger partial charge in [0.05, 0.1) is 12.2 Å². The molecule has 1 aromatic heterocycles. The van der Waals surface area contributed by atoms with Gasteiger partial charge in [0.2, 0.25) is 0 Å². The molecule has 8 heteroatoms. The average Bonchev–Trinajstić information content (AvgIpc) is 2.47. The summed E-state index contributed by atoms with van der Waals surface area (Å²) in [6.07, 6.45) is 0. The summed E-state index contributed by atoms with van der Waals surface area (Å²) in [5.41, 5.74) is -0.774. The van der Waals surface area contributed by atoms with Crippen molar-refractivity contribution in [3.8, 4) is 0 Å². The number of esters is 1. The van der Waals surface area contributed by atoms with E-state index >= 15 is 0 Å². The molecule has 1 rings (SSSR count). The van der Waals surface area contributed by atoms with E-state index in [0.29, 0.717) is 0 Å². The summed E-state index contributed by atoms with van der Waals surface area (Å²) < 4.78 is 41.5. The fraction of sp³-hybridized carbons (Fsp3) is 0.375. The molecule has 0 aliphatic heterocycles. The maximum absolute atomic E-state index is 12.3. The minimum Gasteiger partial charge on any atom is -0.462 e. The van der Waals surface area contributed by atoms with Crippen LogP contribution in [0.5, 0.6) is 0 Å². The summed E-state index contributed by atoms with van der Waals surface area (Å²) in [5, 5.41) is 0. The molecule has 0 amide bonds. The summed E-state index contributed by atoms with van der Waals surface area (Å²) in [5.74, 6) is -0.738. The molecule has 0 atom stereocenters. The van der Waals surface area contributed by atoms with Gasteiger partial charge in [-0.05, 0) is 19.4 Å². The van der Waals surface area contributed by atoms with Gasteiger partial charge in [0.25, 0.3) is 0 Å². The van der Waals surface area contributed by atoms with Gasteiger partial charge in [0.1, 0.15) is 0 Å². The third-order valence-electron chi connectivity index (χ3n) is 1.88. The number of hydrogen-bond donors (Lipinski definition) is 1. The van der Waals surface area contributed by atoms with Crippen molar-refractivity contribution in [1.29, 1.82) is 0 Å². The molecule has 0 radical (unpaired) electrons. The number of aromatic nitrogens is 1. The van der Waals surface area contributed by atoms with E-state index in [-0.39, 0.29) is 69.2 Å². The van der Waals surface area contributed by atoms with Crippen LogP contribution in [0.1, 0.15) is 23.0 Å². The van der Waals surface area contributed by atoms with Crippen molar-refractivity contribution < 1.29 is 73.9 Å². The van der Waals surface area contributed by atoms with E-state index in [1.807, 2.05) is 0 Å². The van der Waals surface area contributed by atoms with Crippen LogP contribution in [0.4, 0.5) is 12.9 Å². The number of aryl methyl sites for hydroxylation is 1. The Balaban J connectivity index is 0.00000225. The number of ether oxygens (including phenoxy) is 1. The second-order valence-electron chi connectivity index (χ2n) is 3.06. The van der Waals surface area contributed by atoms with Crippen LogP contribution in [0.3, 0.4) is 0 Å². The quantitative estimate of drug-likeness (QED) is 0.533. The predicted octanol–water partition coefficient (Wildman–Crippen LogP) is -1.44. The van der Waals surface area contributed by atoms with Gasteiger partial charge in [0, 0.05) is 5.69 Å². The normalized spacial score (nSPS) is 10.8. The Morgan fingerprint density at radius 2 is 2.06 bits per heavy atom. The van der Waals surface area contributed by atoms with Crippen molar-refractivity contribution in [3.63, 3.8) is 0 Å². The first-order valence-corrected chi connectivity index (χ1v) is 4.42. The molecule has 0 saturated heterocycles. The smallest absolute Gasteiger partial charge is 0.462 e. The van der Waals surface area contributed by atoms with Gasteiger partial charge >= 0.3 is 64.3 Å². The molecule has 0 aliphatic carbocycles. The first-order chi connectivity index (χ1) is 6.86. The molecule has 0 aliphatic rings. The van der Waals surface area contributed by atoms with Gasteiger partial charge in [-0.2, -0.15) is 0 Å². The summed E-state index contributed by atoms with van der Waals surface area (Å²) in [7, 11) is 0. The third-order valence-corrected chi connectivity index (χ3v) is 1.88. The van der Waals surface area contributed by atoms with Gasteiger partial charge in [-0.1, -0.05) is 6.07 Å². The fourth-order valence-electron chi connectivity index (χ4n) is 1.18. The first kappa shape index (κ1) is 16.2. The molecule has 1 aromatic rings. The van der Waals surface area contributed by atoms with E-state index in [2.05, 4.69) is 9.72 Å². The standard InChI is InChI=1S/C8H10BF3NO2.K/c1-3-15-8(14)6-4-7(9(10,11)12)13-5(6)2;/h4,13H,3H2,1-2H3;/q-1;+1. The number of H-pyrrole nitrogens is 1. The molecule has 16 heavy (non-hydrogen) atoms. The Hall–Kier alpha value is 0.241. The monoisotopic (exact) mass is 259 g/mol. The SMILES string of the molecule is CCOC(=O)c1cc([B-](F)(F)F)[nH]c1C.[K+]. The number of carbonyl (C=O) groups excluding carboxylic acids is 1. The Bertz CT molecular complexity index is 378. The molecular weight excluding hydrogens is 249 g/mol. The predicted molar refractivity (Wildman–Crippen MR) is 50.2 cm³/mol. The third kappa shape index (κ3) is 3.92. The van der Waals surface area contributed by atoms with Crippen LogP contribution < -0.4 is 57.0 Å². The van der Waals surface area contributed by atoms with Crippen molar-refractivity contribution in [2.24, 2.45) is 0 Å². The minimum absolute atomic E-state index is 0. The molecule has 0 spiro atoms. The van der Waals surface area contributed by atoms with Crippen molar-refractivity contribution >= 4 is 18.5 Å². The second-order valence-corrected chi connectivity index (χ2v) is 3.06. The van der Waals surface area contributed by atoms with E-state index in [0.717, 1.165) is 6.07 Å². The van der Waals surface area contributed by atoms with Gasteiger partial charge in [-0.3, -0.25) is 0 Å². The van der Waals surface area contributed by atoms with Crippen molar-refractivity contribution in [2.45, 2.75) is 13.8 Å². The molecule has 1 N–H and O–H groups in total. The zero-order valence-electron chi connectivity index (χ0n) is 9.31. The van der Waals surface area contributed by atoms with Crippen LogP contribution in [0.2, 0.25) is 0 Å². The molecule has 1 heterocycles. The van der Waals surface area contributed by atoms with Crippen molar-refractivity contribution in [2.75, 3.05) is 6.61 Å². The van der Waals surface area contributed by atoms with Gasteiger partial charge in [0.15, 0.2) is 0 Å². The average molecular weight is 259 g/mol. The van der Waals surface area contributed by atoms with Crippen LogP contribution in [-0.4, -0.2) is 24.5 Å². The molecule has 0 aromatic carbocycles. The van der Waals surface area contributed by atoms with Gasteiger partial charge in [-0.15, -0.1) is 0 Å². The Morgan fingerprint density at radius 1 is 1.50 bits per heavy atom. The number of rotatable bonds is 3. The zero-order chi connectivity index (χ0) is 11.6. The Labute approximate surface area is 134 Å². The van der Waals surface area contributed by atoms with Crippen LogP contribution in [0.25, 0.3) is 0 Å². The largest absolute Gasteiger partial charge is 1.00 e. The van der Waals surface area contributed by atoms with E-state index in [1.54, 1.807) is 6.92 Å². The Kier molecular flexibility index (Phi) is 6.34. The minimum atomic E-state index is -5.11. The molecule has 0 bridgehead atoms. The number of carbonyl (C=O) groups is 1. The molecule has 0 unspecified atom stereocenters. The van der Waals surface area contributed by atoms with Crippen LogP contribution in [0, 0.1) is 6.92 Å². The Morgan fingerprint density at radius 3 is 2.44 bits per heavy atom. The number of aromatic amines is 1. The summed E-state index contributed by atoms with van der Waals surface area (Å²) in [4.78, 5) is 13.3. The maximum Gasteiger partial charge on any atom is 1.00 e. The number of hydrogen-bond acceptors (Lipinski definition) is 2. The molecule has 0 saturated carbocycles. The molecular formula is C8H10BF3KNO2. The second kappa shape index (κ2) is 6.25. The number of halogens is 3. The van der Waals surface area contributed by atoms with Gasteiger partial charge < -0.3 is 22.7 Å². The molecule has 3 nitrogen and oxygen atoms in total. The van der Waals surface area contributed by atoms with E-state index in [4.69, 9.17) is 0 Å². The zero-order valence-corrected chi connectivity index (χ0v) is 12.4. The van der Waals surface area contributed by atoms with E-state index < -0.39 is 18.5 Å². The number of nitrogens with one attached hydrogen (secondary N) is 1. The molecule has 0 fully saturated rings. The van der Waals surface area contributed by atoms with E-state index in [1.165, 1.54) is 6.92 Å². The van der Waals surface area contributed by atoms with Crippen molar-refractivity contribution in [3.05, 3.63) is 17.3 Å². The van der Waals surface area contributed by atoms with Crippen molar-refractivity contribution in [1.82, 2.24) is 4.98 Å². The van der Waals surface area contributed by atoms with Crippen LogP contribution in [0.15, 0.2) is 6.07 Å². The molecule has 84 valence electrons. The summed E-state index contributed by atoms with van der Waals surface area (Å²) >= 11 is 0.